The van der Waals surface area contributed by atoms with Gasteiger partial charge in [0.25, 0.3) is 6.33 Å². The summed E-state index contributed by atoms with van der Waals surface area (Å²) < 4.78 is 153. The average molecular weight is 989 g/mol. The van der Waals surface area contributed by atoms with Gasteiger partial charge in [0.15, 0.2) is 0 Å². The highest BCUT2D eigenvalue weighted by molar-refractivity contribution is 6.10. The summed E-state index contributed by atoms with van der Waals surface area (Å²) in [4.78, 5) is 4.93. The van der Waals surface area contributed by atoms with Gasteiger partial charge >= 0.3 is 0 Å². The van der Waals surface area contributed by atoms with Crippen LogP contribution >= 0.6 is 0 Å². The van der Waals surface area contributed by atoms with Crippen LogP contribution in [-0.2, 0) is 10.8 Å². The fraction of sp³-hybridized carbons (Fsp3) is 0.143. The number of benzene rings is 9. The Hall–Kier alpha value is -8.80. The van der Waals surface area contributed by atoms with Gasteiger partial charge in [-0.05, 0) is 152 Å². The van der Waals surface area contributed by atoms with Gasteiger partial charge < -0.3 is 4.74 Å². The summed E-state index contributed by atoms with van der Waals surface area (Å²) in [6.45, 7) is 7.45. The summed E-state index contributed by atoms with van der Waals surface area (Å²) in [6, 6.07) is 39.1. The summed E-state index contributed by atoms with van der Waals surface area (Å²) in [5, 5.41) is 1.97. The minimum Gasteiger partial charge on any atom is -0.458 e. The predicted octanol–water partition coefficient (Wildman–Crippen LogP) is 17.9. The molecular formula is C70H60N4O. The summed E-state index contributed by atoms with van der Waals surface area (Å²) >= 11 is 0. The lowest BCUT2D eigenvalue weighted by Gasteiger charge is -2.20. The Morgan fingerprint density at radius 2 is 1.15 bits per heavy atom. The van der Waals surface area contributed by atoms with Crippen LogP contribution in [0.1, 0.15) is 85.7 Å². The van der Waals surface area contributed by atoms with Gasteiger partial charge in [-0.1, -0.05) is 187 Å². The lowest BCUT2D eigenvalue weighted by atomic mass is 9.86. The maximum atomic E-state index is 9.26. The first-order valence-electron chi connectivity index (χ1n) is 32.7. The standard InChI is InChI=1S/C70H60N4O/c1-46-18-15-19-47(2)67(46)52-31-37-63-65(41-52)73(68-58(49-20-11-9-12-21-49)26-17-27-59(68)50-22-13-10-14-23-50)45-72(63)55-24-16-25-56(43-55)75-57-34-35-60-61-40-51(48-28-32-53(33-29-48)69(3,4)5)30-36-62(61)74(64(60)44-57)66-42-54(38-39-71-66)70(6,7)8/h9-44H,1-8H3/i1D3,2D3,9D,10D,11D,12D,13D,14D,20D,21D,22D,23D. The lowest BCUT2D eigenvalue weighted by molar-refractivity contribution is -0.571. The van der Waals surface area contributed by atoms with Crippen molar-refractivity contribution in [2.75, 3.05) is 0 Å². The molecule has 0 aliphatic heterocycles. The van der Waals surface area contributed by atoms with E-state index in [1.54, 1.807) is 47.0 Å². The first-order chi connectivity index (χ1) is 42.8. The lowest BCUT2D eigenvalue weighted by Crippen LogP contribution is -2.31. The largest absolute Gasteiger partial charge is 0.458 e. The number of imidazole rings is 1. The Balaban J connectivity index is 1.09. The van der Waals surface area contributed by atoms with E-state index in [2.05, 4.69) is 101 Å². The normalized spacial score (nSPS) is 15.4. The molecule has 0 saturated heterocycles. The molecule has 12 rings (SSSR count). The quantitative estimate of drug-likeness (QED) is 0.107. The summed E-state index contributed by atoms with van der Waals surface area (Å²) in [5.74, 6) is 1.58. The Bertz CT molecular complexity index is 4790. The minimum atomic E-state index is -2.81. The predicted molar refractivity (Wildman–Crippen MR) is 311 cm³/mol. The molecule has 5 heteroatoms. The fourth-order valence-corrected chi connectivity index (χ4v) is 9.93. The van der Waals surface area contributed by atoms with Crippen LogP contribution in [0.25, 0.3) is 94.5 Å². The summed E-state index contributed by atoms with van der Waals surface area (Å²) in [6.07, 6.45) is 5.23. The van der Waals surface area contributed by atoms with Gasteiger partial charge in [0, 0.05) is 31.3 Å². The molecule has 0 unspecified atom stereocenters. The van der Waals surface area contributed by atoms with Crippen molar-refractivity contribution in [3.63, 3.8) is 0 Å². The summed E-state index contributed by atoms with van der Waals surface area (Å²) in [7, 11) is 0. The molecule has 0 saturated carbocycles. The van der Waals surface area contributed by atoms with E-state index in [0.29, 0.717) is 22.7 Å². The van der Waals surface area contributed by atoms with Crippen molar-refractivity contribution in [2.45, 2.75) is 66.1 Å². The highest BCUT2D eigenvalue weighted by Gasteiger charge is 2.23. The third kappa shape index (κ3) is 8.78. The minimum absolute atomic E-state index is 0.00737. The molecule has 0 aliphatic carbocycles. The first-order valence-corrected chi connectivity index (χ1v) is 24.7. The van der Waals surface area contributed by atoms with Crippen LogP contribution in [0.3, 0.4) is 0 Å². The van der Waals surface area contributed by atoms with Gasteiger partial charge in [-0.15, -0.1) is 0 Å². The maximum absolute atomic E-state index is 9.26. The number of fused-ring (bicyclic) bond motifs is 4. The monoisotopic (exact) mass is 989 g/mol. The zero-order valence-corrected chi connectivity index (χ0v) is 42.2. The van der Waals surface area contributed by atoms with Crippen LogP contribution in [0.5, 0.6) is 11.5 Å². The van der Waals surface area contributed by atoms with Crippen molar-refractivity contribution in [2.24, 2.45) is 0 Å². The van der Waals surface area contributed by atoms with Crippen LogP contribution < -0.4 is 9.30 Å². The average Bonchev–Trinajstić information content (AvgIpc) is 1.69. The van der Waals surface area contributed by atoms with Gasteiger partial charge in [0.05, 0.1) is 47.1 Å². The molecule has 0 bridgehead atoms. The van der Waals surface area contributed by atoms with E-state index in [1.165, 1.54) is 46.5 Å². The van der Waals surface area contributed by atoms with Crippen LogP contribution in [0, 0.1) is 20.0 Å². The molecule has 12 aromatic rings. The number of hydrogen-bond donors (Lipinski definition) is 0. The van der Waals surface area contributed by atoms with E-state index in [4.69, 9.17) is 26.2 Å². The molecule has 0 aliphatic rings. The smallest absolute Gasteiger partial charge is 0.269 e. The van der Waals surface area contributed by atoms with Crippen LogP contribution in [0.4, 0.5) is 0 Å². The molecule has 0 spiro atoms. The Morgan fingerprint density at radius 1 is 0.520 bits per heavy atom. The number of aryl methyl sites for hydroxylation is 2. The number of hydrogen-bond acceptors (Lipinski definition) is 2. The molecule has 0 atom stereocenters. The van der Waals surface area contributed by atoms with Crippen molar-refractivity contribution < 1.29 is 31.2 Å². The van der Waals surface area contributed by atoms with Crippen LogP contribution in [0.15, 0.2) is 218 Å². The molecule has 75 heavy (non-hydrogen) atoms. The zero-order chi connectivity index (χ0) is 65.3. The third-order valence-electron chi connectivity index (χ3n) is 13.8. The highest BCUT2D eigenvalue weighted by atomic mass is 16.5. The number of para-hydroxylation sites is 1. The van der Waals surface area contributed by atoms with Gasteiger partial charge in [0.2, 0.25) is 0 Å². The molecule has 0 radical (unpaired) electrons. The number of rotatable bonds is 9. The van der Waals surface area contributed by atoms with E-state index >= 15 is 0 Å². The SMILES string of the molecule is [2H]c1c([2H])c([2H])c(-c2cccc(-c3c([2H])c([2H])c([2H])c([2H])c3[2H])c2-[n+]2[c-]n(-c3cccc(Oc4ccc5c6cc(-c7ccc(C(C)(C)C)cc7)ccc6n(-c6cc(C(C)(C)C)ccn6)c5c4)c3)c3ccc(-c4c(C([2H])([2H])[2H])cccc4C([2H])([2H])[2H])cc32)c([2H])c1[2H]. The van der Waals surface area contributed by atoms with Crippen molar-refractivity contribution in [3.05, 3.63) is 247 Å². The Morgan fingerprint density at radius 3 is 1.83 bits per heavy atom. The van der Waals surface area contributed by atoms with Crippen molar-refractivity contribution in [1.82, 2.24) is 14.1 Å². The fourth-order valence-electron chi connectivity index (χ4n) is 9.93. The maximum Gasteiger partial charge on any atom is 0.269 e. The zero-order valence-electron chi connectivity index (χ0n) is 58.2. The molecule has 0 fully saturated rings. The molecule has 9 aromatic carbocycles. The van der Waals surface area contributed by atoms with E-state index in [-0.39, 0.29) is 66.5 Å². The second kappa shape index (κ2) is 18.6. The summed E-state index contributed by atoms with van der Waals surface area (Å²) in [5.41, 5.74) is 5.87. The van der Waals surface area contributed by atoms with Gasteiger partial charge in [0.1, 0.15) is 17.3 Å². The van der Waals surface area contributed by atoms with E-state index in [9.17, 15) is 5.48 Å². The second-order valence-corrected chi connectivity index (χ2v) is 20.7. The van der Waals surface area contributed by atoms with Crippen molar-refractivity contribution in [3.8, 4) is 73.2 Å². The van der Waals surface area contributed by atoms with Crippen molar-refractivity contribution in [1.29, 1.82) is 0 Å². The Kier molecular flexibility index (Phi) is 8.03. The number of ether oxygens (including phenoxy) is 1. The highest BCUT2D eigenvalue weighted by Crippen LogP contribution is 2.40. The van der Waals surface area contributed by atoms with Gasteiger partial charge in [-0.2, -0.15) is 0 Å². The first kappa shape index (κ1) is 32.4. The molecule has 3 aromatic heterocycles. The van der Waals surface area contributed by atoms with Crippen molar-refractivity contribution >= 4 is 32.8 Å². The van der Waals surface area contributed by atoms with E-state index in [1.807, 2.05) is 30.5 Å². The number of aromatic nitrogens is 4. The van der Waals surface area contributed by atoms with Gasteiger partial charge in [-0.3, -0.25) is 13.7 Å². The second-order valence-electron chi connectivity index (χ2n) is 20.7. The molecule has 0 N–H and O–H groups in total. The molecule has 3 heterocycles. The van der Waals surface area contributed by atoms with Crippen LogP contribution in [0.2, 0.25) is 0 Å². The molecular weight excluding hydrogens is 913 g/mol. The molecule has 5 nitrogen and oxygen atoms in total. The molecule has 366 valence electrons. The third-order valence-corrected chi connectivity index (χ3v) is 13.8. The Labute approximate surface area is 463 Å². The van der Waals surface area contributed by atoms with Gasteiger partial charge in [-0.25, -0.2) is 4.98 Å². The number of nitrogens with zero attached hydrogens (tertiary/aromatic N) is 4. The molecule has 0 amide bonds. The number of pyridine rings is 1. The topological polar surface area (TPSA) is 35.9 Å². The van der Waals surface area contributed by atoms with E-state index < -0.39 is 74.1 Å². The van der Waals surface area contributed by atoms with Crippen LogP contribution in [-0.4, -0.2) is 14.1 Å². The van der Waals surface area contributed by atoms with E-state index in [0.717, 1.165) is 44.3 Å².